The molecule has 178 valence electrons. The van der Waals surface area contributed by atoms with Gasteiger partial charge in [0.25, 0.3) is 5.91 Å². The van der Waals surface area contributed by atoms with E-state index in [1.165, 1.54) is 55.7 Å². The average Bonchev–Trinajstić information content (AvgIpc) is 3.57. The van der Waals surface area contributed by atoms with Crippen LogP contribution < -0.4 is 19.7 Å². The minimum Gasteiger partial charge on any atom is -0.493 e. The van der Waals surface area contributed by atoms with Crippen LogP contribution in [0.3, 0.4) is 0 Å². The number of halogens is 1. The Morgan fingerprint density at radius 3 is 2.38 bits per heavy atom. The van der Waals surface area contributed by atoms with Crippen molar-refractivity contribution in [1.82, 2.24) is 5.32 Å². The molecular weight excluding hydrogens is 439 g/mol. The summed E-state index contributed by atoms with van der Waals surface area (Å²) in [7, 11) is 2.98. The smallest absolute Gasteiger partial charge is 0.294 e. The molecule has 1 fully saturated rings. The largest absolute Gasteiger partial charge is 0.493 e. The van der Waals surface area contributed by atoms with Gasteiger partial charge in [0.05, 0.1) is 20.5 Å². The predicted molar refractivity (Wildman–Crippen MR) is 125 cm³/mol. The second kappa shape index (κ2) is 10.4. The van der Waals surface area contributed by atoms with E-state index in [0.717, 1.165) is 25.7 Å². The van der Waals surface area contributed by atoms with Crippen LogP contribution in [0.5, 0.6) is 11.5 Å². The highest BCUT2D eigenvalue weighted by Gasteiger charge is 2.38. The molecule has 0 aliphatic heterocycles. The molecule has 0 bridgehead atoms. The van der Waals surface area contributed by atoms with Gasteiger partial charge in [-0.15, -0.1) is 0 Å². The predicted octanol–water partition coefficient (Wildman–Crippen LogP) is 4.88. The number of ether oxygens (including phenoxy) is 2. The number of anilines is 1. The van der Waals surface area contributed by atoms with Gasteiger partial charge in [0, 0.05) is 17.3 Å². The topological polar surface area (TPSA) is 81.0 Å². The van der Waals surface area contributed by atoms with E-state index < -0.39 is 17.8 Å². The highest BCUT2D eigenvalue weighted by Crippen LogP contribution is 2.40. The van der Waals surface area contributed by atoms with E-state index in [9.17, 15) is 14.0 Å². The van der Waals surface area contributed by atoms with Crippen LogP contribution in [-0.4, -0.2) is 32.1 Å². The van der Waals surface area contributed by atoms with Gasteiger partial charge in [0.2, 0.25) is 5.91 Å². The van der Waals surface area contributed by atoms with E-state index >= 15 is 0 Å². The van der Waals surface area contributed by atoms with Crippen molar-refractivity contribution in [3.8, 4) is 11.5 Å². The van der Waals surface area contributed by atoms with E-state index in [0.29, 0.717) is 22.7 Å². The number of furan rings is 1. The van der Waals surface area contributed by atoms with E-state index in [2.05, 4.69) is 5.32 Å². The Morgan fingerprint density at radius 2 is 1.76 bits per heavy atom. The van der Waals surface area contributed by atoms with Crippen molar-refractivity contribution in [1.29, 1.82) is 0 Å². The summed E-state index contributed by atoms with van der Waals surface area (Å²) in [6, 6.07) is 12.6. The van der Waals surface area contributed by atoms with Gasteiger partial charge < -0.3 is 19.2 Å². The molecule has 1 aliphatic carbocycles. The van der Waals surface area contributed by atoms with Crippen LogP contribution in [0.1, 0.15) is 47.8 Å². The summed E-state index contributed by atoms with van der Waals surface area (Å²) in [6.07, 6.45) is 5.19. The maximum atomic E-state index is 13.8. The molecule has 34 heavy (non-hydrogen) atoms. The van der Waals surface area contributed by atoms with Crippen LogP contribution >= 0.6 is 0 Å². The van der Waals surface area contributed by atoms with Gasteiger partial charge in [-0.1, -0.05) is 25.0 Å². The van der Waals surface area contributed by atoms with Gasteiger partial charge in [-0.05, 0) is 55.3 Å². The fourth-order valence-corrected chi connectivity index (χ4v) is 4.38. The molecule has 4 rings (SSSR count). The Balaban J connectivity index is 1.88. The molecule has 1 atom stereocenters. The van der Waals surface area contributed by atoms with Crippen molar-refractivity contribution in [3.63, 3.8) is 0 Å². The first-order chi connectivity index (χ1) is 16.5. The number of nitrogens with one attached hydrogen (secondary N) is 1. The van der Waals surface area contributed by atoms with Crippen molar-refractivity contribution >= 4 is 17.5 Å². The Bertz CT molecular complexity index is 1120. The van der Waals surface area contributed by atoms with Gasteiger partial charge in [-0.25, -0.2) is 4.39 Å². The first kappa shape index (κ1) is 23.4. The molecule has 1 saturated carbocycles. The van der Waals surface area contributed by atoms with Crippen LogP contribution in [0.15, 0.2) is 65.3 Å². The summed E-state index contributed by atoms with van der Waals surface area (Å²) >= 11 is 0. The lowest BCUT2D eigenvalue weighted by Crippen LogP contribution is -2.46. The zero-order valence-corrected chi connectivity index (χ0v) is 19.1. The van der Waals surface area contributed by atoms with Gasteiger partial charge in [0.1, 0.15) is 11.9 Å². The third-order valence-corrected chi connectivity index (χ3v) is 5.99. The van der Waals surface area contributed by atoms with E-state index in [-0.39, 0.29) is 17.7 Å². The Hall–Kier alpha value is -3.81. The van der Waals surface area contributed by atoms with Crippen molar-refractivity contribution in [2.75, 3.05) is 19.1 Å². The number of amides is 2. The number of methoxy groups -OCH3 is 2. The molecule has 2 amide bonds. The molecule has 0 spiro atoms. The number of benzene rings is 2. The molecule has 1 N–H and O–H groups in total. The number of hydrogen-bond donors (Lipinski definition) is 1. The molecule has 1 aromatic heterocycles. The summed E-state index contributed by atoms with van der Waals surface area (Å²) in [5, 5.41) is 3.09. The molecule has 2 aromatic carbocycles. The number of nitrogens with zero attached hydrogens (tertiary/aromatic N) is 1. The fourth-order valence-electron chi connectivity index (χ4n) is 4.38. The second-order valence-electron chi connectivity index (χ2n) is 8.10. The first-order valence-corrected chi connectivity index (χ1v) is 11.2. The van der Waals surface area contributed by atoms with Crippen LogP contribution in [0.2, 0.25) is 0 Å². The molecular formula is C26H27FN2O5. The van der Waals surface area contributed by atoms with E-state index in [1.807, 2.05) is 0 Å². The standard InChI is InChI=1S/C26H27FN2O5/c1-32-21-10-5-9-20(24(21)33-2)23(25(30)28-18-7-3-4-8-18)29(19-14-12-17(27)13-15-19)26(31)22-11-6-16-34-22/h5-6,9-16,18,23H,3-4,7-8H2,1-2H3,(H,28,30). The number of hydrogen-bond acceptors (Lipinski definition) is 5. The van der Waals surface area contributed by atoms with Gasteiger partial charge >= 0.3 is 0 Å². The van der Waals surface area contributed by atoms with Gasteiger partial charge in [-0.2, -0.15) is 0 Å². The molecule has 8 heteroatoms. The maximum absolute atomic E-state index is 13.8. The van der Waals surface area contributed by atoms with Crippen LogP contribution in [0, 0.1) is 5.82 Å². The number of carbonyl (C=O) groups excluding carboxylic acids is 2. The summed E-state index contributed by atoms with van der Waals surface area (Å²) in [5.41, 5.74) is 0.765. The van der Waals surface area contributed by atoms with E-state index in [4.69, 9.17) is 13.9 Å². The minimum atomic E-state index is -1.13. The zero-order valence-electron chi connectivity index (χ0n) is 19.1. The molecule has 0 saturated heterocycles. The number of para-hydroxylation sites is 1. The summed E-state index contributed by atoms with van der Waals surface area (Å²) < 4.78 is 30.2. The Kier molecular flexibility index (Phi) is 7.15. The second-order valence-corrected chi connectivity index (χ2v) is 8.10. The quantitative estimate of drug-likeness (QED) is 0.512. The van der Waals surface area contributed by atoms with Gasteiger partial charge in [0.15, 0.2) is 17.3 Å². The lowest BCUT2D eigenvalue weighted by Gasteiger charge is -2.32. The average molecular weight is 467 g/mol. The highest BCUT2D eigenvalue weighted by molar-refractivity contribution is 6.09. The van der Waals surface area contributed by atoms with Crippen LogP contribution in [0.25, 0.3) is 0 Å². The Morgan fingerprint density at radius 1 is 1.03 bits per heavy atom. The molecule has 1 unspecified atom stereocenters. The lowest BCUT2D eigenvalue weighted by molar-refractivity contribution is -0.123. The zero-order chi connectivity index (χ0) is 24.1. The molecule has 1 heterocycles. The summed E-state index contributed by atoms with van der Waals surface area (Å²) in [5.74, 6) is -0.584. The fraction of sp³-hybridized carbons (Fsp3) is 0.308. The normalized spacial score (nSPS) is 14.4. The number of carbonyl (C=O) groups is 2. The van der Waals surface area contributed by atoms with Crippen molar-refractivity contribution in [2.45, 2.75) is 37.8 Å². The highest BCUT2D eigenvalue weighted by atomic mass is 19.1. The Labute approximate surface area is 197 Å². The molecule has 3 aromatic rings. The third kappa shape index (κ3) is 4.76. The number of rotatable bonds is 8. The maximum Gasteiger partial charge on any atom is 0.294 e. The minimum absolute atomic E-state index is 0.0142. The summed E-state index contributed by atoms with van der Waals surface area (Å²) in [4.78, 5) is 28.8. The molecule has 0 radical (unpaired) electrons. The van der Waals surface area contributed by atoms with Crippen LogP contribution in [-0.2, 0) is 4.79 Å². The molecule has 1 aliphatic rings. The van der Waals surface area contributed by atoms with Crippen molar-refractivity contribution in [2.24, 2.45) is 0 Å². The lowest BCUT2D eigenvalue weighted by atomic mass is 10.00. The van der Waals surface area contributed by atoms with Gasteiger partial charge in [-0.3, -0.25) is 14.5 Å². The monoisotopic (exact) mass is 466 g/mol. The first-order valence-electron chi connectivity index (χ1n) is 11.2. The van der Waals surface area contributed by atoms with Crippen LogP contribution in [0.4, 0.5) is 10.1 Å². The van der Waals surface area contributed by atoms with Crippen molar-refractivity contribution < 1.29 is 27.9 Å². The van der Waals surface area contributed by atoms with Crippen molar-refractivity contribution in [3.05, 3.63) is 78.0 Å². The summed E-state index contributed by atoms with van der Waals surface area (Å²) in [6.45, 7) is 0. The SMILES string of the molecule is COc1cccc(C(C(=O)NC2CCCC2)N(C(=O)c2ccco2)c2ccc(F)cc2)c1OC. The molecule has 7 nitrogen and oxygen atoms in total. The third-order valence-electron chi connectivity index (χ3n) is 5.99. The van der Waals surface area contributed by atoms with E-state index in [1.54, 1.807) is 24.3 Å².